The molecule has 4 nitrogen and oxygen atoms in total. The van der Waals surface area contributed by atoms with Crippen LogP contribution in [0.3, 0.4) is 0 Å². The summed E-state index contributed by atoms with van der Waals surface area (Å²) in [6.45, 7) is 6.40. The summed E-state index contributed by atoms with van der Waals surface area (Å²) in [5.74, 6) is -0.0786. The van der Waals surface area contributed by atoms with Crippen LogP contribution >= 0.6 is 0 Å². The minimum atomic E-state index is -0.315. The highest BCUT2D eigenvalue weighted by molar-refractivity contribution is 6.06. The fourth-order valence-corrected chi connectivity index (χ4v) is 2.29. The molecule has 0 saturated carbocycles. The Balaban J connectivity index is 2.39. The normalized spacial score (nSPS) is 11.6. The van der Waals surface area contributed by atoms with Gasteiger partial charge < -0.3 is 11.1 Å². The number of rotatable bonds is 4. The van der Waals surface area contributed by atoms with Crippen LogP contribution in [0.4, 0.5) is 0 Å². The Morgan fingerprint density at radius 3 is 2.75 bits per heavy atom. The summed E-state index contributed by atoms with van der Waals surface area (Å²) in [6.07, 6.45) is 0.737. The predicted octanol–water partition coefficient (Wildman–Crippen LogP) is 2.40. The van der Waals surface area contributed by atoms with E-state index < -0.39 is 0 Å². The van der Waals surface area contributed by atoms with E-state index in [-0.39, 0.29) is 11.4 Å². The lowest BCUT2D eigenvalue weighted by Crippen LogP contribution is -2.44. The van der Waals surface area contributed by atoms with E-state index in [0.717, 1.165) is 23.0 Å². The molecule has 20 heavy (non-hydrogen) atoms. The standard InChI is InChI=1S/C16H21N3O/c1-11-10-13(12-6-4-5-7-14(12)18-11)15(20)19-16(2,3)8-9-17/h4-7,10H,8-9,17H2,1-3H3,(H,19,20). The van der Waals surface area contributed by atoms with Crippen molar-refractivity contribution in [1.29, 1.82) is 0 Å². The monoisotopic (exact) mass is 271 g/mol. The molecular weight excluding hydrogens is 250 g/mol. The smallest absolute Gasteiger partial charge is 0.252 e. The molecule has 0 saturated heterocycles. The van der Waals surface area contributed by atoms with Crippen molar-refractivity contribution in [1.82, 2.24) is 10.3 Å². The maximum atomic E-state index is 12.5. The first-order valence-corrected chi connectivity index (χ1v) is 6.82. The molecule has 0 aliphatic rings. The number of amides is 1. The molecule has 0 bridgehead atoms. The second-order valence-corrected chi connectivity index (χ2v) is 5.71. The summed E-state index contributed by atoms with van der Waals surface area (Å²) in [4.78, 5) is 17.0. The molecule has 0 unspecified atom stereocenters. The summed E-state index contributed by atoms with van der Waals surface area (Å²) in [6, 6.07) is 9.52. The summed E-state index contributed by atoms with van der Waals surface area (Å²) >= 11 is 0. The second kappa shape index (κ2) is 5.59. The maximum absolute atomic E-state index is 12.5. The van der Waals surface area contributed by atoms with E-state index >= 15 is 0 Å². The molecule has 0 atom stereocenters. The third-order valence-electron chi connectivity index (χ3n) is 3.31. The van der Waals surface area contributed by atoms with E-state index in [9.17, 15) is 4.79 Å². The average Bonchev–Trinajstić information content (AvgIpc) is 2.36. The quantitative estimate of drug-likeness (QED) is 0.897. The van der Waals surface area contributed by atoms with E-state index in [2.05, 4.69) is 10.3 Å². The molecule has 1 aromatic carbocycles. The number of benzene rings is 1. The summed E-state index contributed by atoms with van der Waals surface area (Å²) < 4.78 is 0. The van der Waals surface area contributed by atoms with Gasteiger partial charge in [-0.2, -0.15) is 0 Å². The molecule has 0 fully saturated rings. The van der Waals surface area contributed by atoms with Gasteiger partial charge in [-0.25, -0.2) is 0 Å². The fraction of sp³-hybridized carbons (Fsp3) is 0.375. The van der Waals surface area contributed by atoms with Gasteiger partial charge in [0, 0.05) is 16.6 Å². The van der Waals surface area contributed by atoms with Gasteiger partial charge in [0.2, 0.25) is 0 Å². The number of nitrogens with two attached hydrogens (primary N) is 1. The first kappa shape index (κ1) is 14.5. The number of aromatic nitrogens is 1. The zero-order chi connectivity index (χ0) is 14.8. The molecule has 0 aliphatic heterocycles. The van der Waals surface area contributed by atoms with Gasteiger partial charge in [0.25, 0.3) is 5.91 Å². The first-order valence-electron chi connectivity index (χ1n) is 6.82. The Bertz CT molecular complexity index is 635. The zero-order valence-corrected chi connectivity index (χ0v) is 12.2. The molecule has 106 valence electrons. The highest BCUT2D eigenvalue weighted by Gasteiger charge is 2.21. The third kappa shape index (κ3) is 3.14. The maximum Gasteiger partial charge on any atom is 0.252 e. The molecule has 1 aromatic heterocycles. The van der Waals surface area contributed by atoms with Gasteiger partial charge in [-0.3, -0.25) is 9.78 Å². The number of hydrogen-bond acceptors (Lipinski definition) is 3. The molecule has 0 aliphatic carbocycles. The van der Waals surface area contributed by atoms with Gasteiger partial charge in [-0.1, -0.05) is 18.2 Å². The van der Waals surface area contributed by atoms with Gasteiger partial charge in [0.05, 0.1) is 11.1 Å². The van der Waals surface area contributed by atoms with E-state index in [1.807, 2.05) is 51.1 Å². The predicted molar refractivity (Wildman–Crippen MR) is 81.7 cm³/mol. The number of nitrogens with one attached hydrogen (secondary N) is 1. The van der Waals surface area contributed by atoms with Gasteiger partial charge in [-0.05, 0) is 45.9 Å². The van der Waals surface area contributed by atoms with Crippen LogP contribution in [0.25, 0.3) is 10.9 Å². The Hall–Kier alpha value is -1.94. The molecule has 1 heterocycles. The lowest BCUT2D eigenvalue weighted by molar-refractivity contribution is 0.0912. The number of aryl methyl sites for hydroxylation is 1. The van der Waals surface area contributed by atoms with Crippen molar-refractivity contribution in [2.75, 3.05) is 6.54 Å². The van der Waals surface area contributed by atoms with E-state index in [4.69, 9.17) is 5.73 Å². The number of carbonyl (C=O) groups is 1. The summed E-state index contributed by atoms with van der Waals surface area (Å²) in [5.41, 5.74) is 7.61. The Labute approximate surface area is 119 Å². The van der Waals surface area contributed by atoms with Crippen molar-refractivity contribution in [3.05, 3.63) is 41.6 Å². The summed E-state index contributed by atoms with van der Waals surface area (Å²) in [5, 5.41) is 3.92. The lowest BCUT2D eigenvalue weighted by Gasteiger charge is -2.26. The van der Waals surface area contributed by atoms with Crippen LogP contribution in [0.2, 0.25) is 0 Å². The lowest BCUT2D eigenvalue weighted by atomic mass is 9.99. The van der Waals surface area contributed by atoms with Gasteiger partial charge in [0.15, 0.2) is 0 Å². The van der Waals surface area contributed by atoms with Crippen molar-refractivity contribution < 1.29 is 4.79 Å². The topological polar surface area (TPSA) is 68.0 Å². The van der Waals surface area contributed by atoms with Crippen molar-refractivity contribution in [2.45, 2.75) is 32.7 Å². The molecule has 3 N–H and O–H groups in total. The van der Waals surface area contributed by atoms with Crippen molar-refractivity contribution in [3.63, 3.8) is 0 Å². The molecule has 2 rings (SSSR count). The second-order valence-electron chi connectivity index (χ2n) is 5.71. The Morgan fingerprint density at radius 1 is 1.35 bits per heavy atom. The highest BCUT2D eigenvalue weighted by atomic mass is 16.1. The zero-order valence-electron chi connectivity index (χ0n) is 12.2. The SMILES string of the molecule is Cc1cc(C(=O)NC(C)(C)CCN)c2ccccc2n1. The van der Waals surface area contributed by atoms with Crippen LogP contribution in [0.1, 0.15) is 36.3 Å². The number of pyridine rings is 1. The first-order chi connectivity index (χ1) is 9.43. The van der Waals surface area contributed by atoms with Crippen molar-refractivity contribution >= 4 is 16.8 Å². The largest absolute Gasteiger partial charge is 0.347 e. The minimum Gasteiger partial charge on any atom is -0.347 e. The number of hydrogen-bond donors (Lipinski definition) is 2. The third-order valence-corrected chi connectivity index (χ3v) is 3.31. The summed E-state index contributed by atoms with van der Waals surface area (Å²) in [7, 11) is 0. The number of nitrogens with zero attached hydrogens (tertiary/aromatic N) is 1. The van der Waals surface area contributed by atoms with Crippen LogP contribution in [0.5, 0.6) is 0 Å². The van der Waals surface area contributed by atoms with E-state index in [0.29, 0.717) is 12.1 Å². The van der Waals surface area contributed by atoms with Crippen LogP contribution in [-0.2, 0) is 0 Å². The van der Waals surface area contributed by atoms with Gasteiger partial charge in [0.1, 0.15) is 0 Å². The molecular formula is C16H21N3O. The number of carbonyl (C=O) groups excluding carboxylic acids is 1. The fourth-order valence-electron chi connectivity index (χ4n) is 2.29. The number of para-hydroxylation sites is 1. The highest BCUT2D eigenvalue weighted by Crippen LogP contribution is 2.19. The molecule has 0 spiro atoms. The van der Waals surface area contributed by atoms with Crippen molar-refractivity contribution in [2.24, 2.45) is 5.73 Å². The molecule has 0 radical (unpaired) electrons. The van der Waals surface area contributed by atoms with Gasteiger partial charge >= 0.3 is 0 Å². The van der Waals surface area contributed by atoms with Gasteiger partial charge in [-0.15, -0.1) is 0 Å². The minimum absolute atomic E-state index is 0.0786. The molecule has 2 aromatic rings. The Morgan fingerprint density at radius 2 is 2.05 bits per heavy atom. The number of fused-ring (bicyclic) bond motifs is 1. The molecule has 1 amide bonds. The van der Waals surface area contributed by atoms with Crippen molar-refractivity contribution in [3.8, 4) is 0 Å². The van der Waals surface area contributed by atoms with Crippen LogP contribution in [0, 0.1) is 6.92 Å². The average molecular weight is 271 g/mol. The van der Waals surface area contributed by atoms with E-state index in [1.165, 1.54) is 0 Å². The van der Waals surface area contributed by atoms with Crippen LogP contribution < -0.4 is 11.1 Å². The van der Waals surface area contributed by atoms with E-state index in [1.54, 1.807) is 0 Å². The Kier molecular flexibility index (Phi) is 4.04. The van der Waals surface area contributed by atoms with Crippen LogP contribution in [-0.4, -0.2) is 23.0 Å². The molecule has 4 heteroatoms. The van der Waals surface area contributed by atoms with Crippen LogP contribution in [0.15, 0.2) is 30.3 Å².